The molecule has 168 valence electrons. The van der Waals surface area contributed by atoms with E-state index in [0.717, 1.165) is 39.3 Å². The van der Waals surface area contributed by atoms with Gasteiger partial charge in [-0.15, -0.1) is 0 Å². The largest absolute Gasteiger partial charge is 0.383 e. The maximum absolute atomic E-state index is 13.2. The highest BCUT2D eigenvalue weighted by molar-refractivity contribution is 7.22. The van der Waals surface area contributed by atoms with E-state index in [9.17, 15) is 9.59 Å². The van der Waals surface area contributed by atoms with E-state index in [0.29, 0.717) is 30.4 Å². The van der Waals surface area contributed by atoms with Crippen LogP contribution in [0.2, 0.25) is 0 Å². The lowest BCUT2D eigenvalue weighted by Crippen LogP contribution is -2.46. The number of carbonyl (C=O) groups is 2. The van der Waals surface area contributed by atoms with Crippen molar-refractivity contribution in [1.29, 1.82) is 0 Å². The average Bonchev–Trinajstić information content (AvgIpc) is 3.22. The Morgan fingerprint density at radius 3 is 2.84 bits per heavy atom. The highest BCUT2D eigenvalue weighted by Gasteiger charge is 2.34. The Labute approximate surface area is 191 Å². The third-order valence-corrected chi connectivity index (χ3v) is 6.98. The van der Waals surface area contributed by atoms with Crippen molar-refractivity contribution in [3.63, 3.8) is 0 Å². The zero-order valence-electron chi connectivity index (χ0n) is 18.5. The minimum absolute atomic E-state index is 0.163. The molecule has 2 unspecified atom stereocenters. The fraction of sp³-hybridized carbons (Fsp3) is 0.391. The second-order valence-corrected chi connectivity index (χ2v) is 9.26. The number of carbonyl (C=O) groups excluding carboxylic acids is 2. The van der Waals surface area contributed by atoms with E-state index >= 15 is 0 Å². The molecule has 4 rings (SSSR count). The Morgan fingerprint density at radius 2 is 2.09 bits per heavy atom. The molecule has 32 heavy (non-hydrogen) atoms. The number of aryl methyl sites for hydroxylation is 1. The van der Waals surface area contributed by atoms with Gasteiger partial charge in [0.05, 0.1) is 28.1 Å². The molecule has 1 aliphatic rings. The molecule has 2 amide bonds. The lowest BCUT2D eigenvalue weighted by molar-refractivity contribution is -0.146. The fourth-order valence-electron chi connectivity index (χ4n) is 4.17. The number of nitrogens with one attached hydrogen (secondary N) is 2. The summed E-state index contributed by atoms with van der Waals surface area (Å²) < 4.78 is 1.08. The number of hydrogen-bond donors (Lipinski definition) is 3. The first-order valence-electron chi connectivity index (χ1n) is 10.8. The molecule has 2 aromatic heterocycles. The first-order valence-corrected chi connectivity index (χ1v) is 11.7. The van der Waals surface area contributed by atoms with Crippen LogP contribution in [0.15, 0.2) is 30.5 Å². The molecule has 4 N–H and O–H groups in total. The number of hydrogen-bond acceptors (Lipinski definition) is 7. The van der Waals surface area contributed by atoms with Crippen LogP contribution < -0.4 is 16.4 Å². The van der Waals surface area contributed by atoms with Crippen molar-refractivity contribution in [2.45, 2.75) is 39.2 Å². The Bertz CT molecular complexity index is 1160. The molecule has 1 aromatic carbocycles. The van der Waals surface area contributed by atoms with Crippen molar-refractivity contribution in [1.82, 2.24) is 14.9 Å². The summed E-state index contributed by atoms with van der Waals surface area (Å²) in [6.45, 7) is 4.60. The molecule has 0 saturated carbocycles. The van der Waals surface area contributed by atoms with Crippen LogP contribution in [0.3, 0.4) is 0 Å². The van der Waals surface area contributed by atoms with Crippen LogP contribution in [0, 0.1) is 5.92 Å². The van der Waals surface area contributed by atoms with Crippen LogP contribution in [-0.2, 0) is 16.0 Å². The van der Waals surface area contributed by atoms with E-state index in [1.165, 1.54) is 6.20 Å². The number of nitrogens with zero attached hydrogens (tertiary/aromatic N) is 3. The van der Waals surface area contributed by atoms with Gasteiger partial charge >= 0.3 is 11.8 Å². The third-order valence-electron chi connectivity index (χ3n) is 5.92. The van der Waals surface area contributed by atoms with Crippen molar-refractivity contribution in [2.75, 3.05) is 30.0 Å². The van der Waals surface area contributed by atoms with Gasteiger partial charge in [-0.1, -0.05) is 31.3 Å². The summed E-state index contributed by atoms with van der Waals surface area (Å²) in [5.41, 5.74) is 9.05. The molecule has 0 radical (unpaired) electrons. The Hall–Kier alpha value is -3.20. The van der Waals surface area contributed by atoms with Crippen LogP contribution >= 0.6 is 11.3 Å². The Kier molecular flexibility index (Phi) is 6.27. The maximum Gasteiger partial charge on any atom is 0.313 e. The van der Waals surface area contributed by atoms with E-state index in [2.05, 4.69) is 27.5 Å². The molecule has 8 nitrogen and oxygen atoms in total. The summed E-state index contributed by atoms with van der Waals surface area (Å²) in [5, 5.41) is 6.63. The molecule has 2 atom stereocenters. The van der Waals surface area contributed by atoms with E-state index in [1.807, 2.05) is 32.2 Å². The second kappa shape index (κ2) is 9.12. The van der Waals surface area contributed by atoms with E-state index in [1.54, 1.807) is 22.3 Å². The SMILES string of the molecule is CCc1cc(NC(=O)C(=O)N2CC(C)CCC2c2ccc3sc(NC)nc3c2)cnc1N. The number of pyridine rings is 1. The van der Waals surface area contributed by atoms with Crippen molar-refractivity contribution in [2.24, 2.45) is 5.92 Å². The van der Waals surface area contributed by atoms with Gasteiger partial charge in [-0.05, 0) is 54.5 Å². The molecule has 1 aliphatic heterocycles. The van der Waals surface area contributed by atoms with Crippen molar-refractivity contribution >= 4 is 50.0 Å². The standard InChI is InChI=1S/C23H28N6O2S/c1-4-14-9-16(11-26-20(14)24)27-21(30)22(31)29-12-13(2)5-7-18(29)15-6-8-19-17(10-15)28-23(25-3)32-19/h6,8-11,13,18H,4-5,7,12H2,1-3H3,(H2,24,26)(H,25,28)(H,27,30). The number of amides is 2. The minimum atomic E-state index is -0.662. The zero-order valence-corrected chi connectivity index (χ0v) is 19.3. The highest BCUT2D eigenvalue weighted by atomic mass is 32.1. The van der Waals surface area contributed by atoms with E-state index in [4.69, 9.17) is 5.73 Å². The monoisotopic (exact) mass is 452 g/mol. The van der Waals surface area contributed by atoms with Gasteiger partial charge in [0.15, 0.2) is 5.13 Å². The van der Waals surface area contributed by atoms with Gasteiger partial charge in [0, 0.05) is 13.6 Å². The number of anilines is 3. The molecule has 0 bridgehead atoms. The number of thiazole rings is 1. The number of piperidine rings is 1. The molecule has 0 spiro atoms. The summed E-state index contributed by atoms with van der Waals surface area (Å²) in [7, 11) is 1.85. The van der Waals surface area contributed by atoms with Gasteiger partial charge in [-0.2, -0.15) is 0 Å². The quantitative estimate of drug-likeness (QED) is 0.519. The van der Waals surface area contributed by atoms with Gasteiger partial charge in [-0.25, -0.2) is 9.97 Å². The fourth-order valence-corrected chi connectivity index (χ4v) is 4.97. The van der Waals surface area contributed by atoms with Crippen molar-refractivity contribution in [3.05, 3.63) is 41.6 Å². The lowest BCUT2D eigenvalue weighted by atomic mass is 9.89. The molecule has 3 aromatic rings. The van der Waals surface area contributed by atoms with E-state index < -0.39 is 11.8 Å². The molecule has 1 saturated heterocycles. The van der Waals surface area contributed by atoms with Crippen molar-refractivity contribution < 1.29 is 9.59 Å². The lowest BCUT2D eigenvalue weighted by Gasteiger charge is -2.38. The van der Waals surface area contributed by atoms with Gasteiger partial charge in [0.2, 0.25) is 0 Å². The summed E-state index contributed by atoms with van der Waals surface area (Å²) in [4.78, 5) is 36.5. The molecule has 9 heteroatoms. The second-order valence-electron chi connectivity index (χ2n) is 8.23. The summed E-state index contributed by atoms with van der Waals surface area (Å²) in [5.74, 6) is -0.442. The Balaban J connectivity index is 1.57. The van der Waals surface area contributed by atoms with Crippen LogP contribution in [0.5, 0.6) is 0 Å². The van der Waals surface area contributed by atoms with Gasteiger partial charge in [0.1, 0.15) is 5.82 Å². The number of nitrogens with two attached hydrogens (primary N) is 1. The summed E-state index contributed by atoms with van der Waals surface area (Å²) in [6.07, 6.45) is 3.97. The predicted molar refractivity (Wildman–Crippen MR) is 129 cm³/mol. The van der Waals surface area contributed by atoms with Crippen LogP contribution in [0.4, 0.5) is 16.6 Å². The third kappa shape index (κ3) is 4.38. The minimum Gasteiger partial charge on any atom is -0.383 e. The predicted octanol–water partition coefficient (Wildman–Crippen LogP) is 3.82. The van der Waals surface area contributed by atoms with Crippen LogP contribution in [0.25, 0.3) is 10.2 Å². The van der Waals surface area contributed by atoms with Crippen LogP contribution in [-0.4, -0.2) is 40.3 Å². The molecule has 0 aliphatic carbocycles. The summed E-state index contributed by atoms with van der Waals surface area (Å²) in [6, 6.07) is 7.71. The molecule has 1 fully saturated rings. The van der Waals surface area contributed by atoms with Crippen molar-refractivity contribution in [3.8, 4) is 0 Å². The highest BCUT2D eigenvalue weighted by Crippen LogP contribution is 2.36. The smallest absolute Gasteiger partial charge is 0.313 e. The zero-order chi connectivity index (χ0) is 22.8. The summed E-state index contributed by atoms with van der Waals surface area (Å²) >= 11 is 1.59. The number of rotatable bonds is 4. The number of likely N-dealkylation sites (tertiary alicyclic amines) is 1. The molecule has 3 heterocycles. The normalized spacial score (nSPS) is 18.5. The number of aromatic nitrogens is 2. The van der Waals surface area contributed by atoms with Gasteiger partial charge < -0.3 is 21.3 Å². The van der Waals surface area contributed by atoms with Crippen LogP contribution in [0.1, 0.15) is 43.9 Å². The first-order chi connectivity index (χ1) is 15.4. The van der Waals surface area contributed by atoms with Gasteiger partial charge in [-0.3, -0.25) is 9.59 Å². The topological polar surface area (TPSA) is 113 Å². The number of fused-ring (bicyclic) bond motifs is 1. The average molecular weight is 453 g/mol. The van der Waals surface area contributed by atoms with E-state index in [-0.39, 0.29) is 6.04 Å². The first kappa shape index (κ1) is 22.0. The maximum atomic E-state index is 13.2. The van der Waals surface area contributed by atoms with Gasteiger partial charge in [0.25, 0.3) is 0 Å². The Morgan fingerprint density at radius 1 is 1.28 bits per heavy atom. The number of nitrogen functional groups attached to an aromatic ring is 1. The number of benzene rings is 1. The molecular formula is C23H28N6O2S. The molecular weight excluding hydrogens is 424 g/mol.